The zero-order valence-corrected chi connectivity index (χ0v) is 22.0. The van der Waals surface area contributed by atoms with E-state index in [4.69, 9.17) is 20.5 Å². The van der Waals surface area contributed by atoms with Crippen LogP contribution in [0.5, 0.6) is 0 Å². The number of rotatable bonds is 11. The summed E-state index contributed by atoms with van der Waals surface area (Å²) >= 11 is 9.63. The molecule has 0 fully saturated rings. The van der Waals surface area contributed by atoms with Crippen molar-refractivity contribution in [1.82, 2.24) is 4.90 Å². The highest BCUT2D eigenvalue weighted by molar-refractivity contribution is 7.98. The van der Waals surface area contributed by atoms with Gasteiger partial charge in [0.2, 0.25) is 0 Å². The van der Waals surface area contributed by atoms with Gasteiger partial charge in [-0.15, -0.1) is 11.8 Å². The van der Waals surface area contributed by atoms with Crippen LogP contribution in [-0.4, -0.2) is 36.8 Å². The van der Waals surface area contributed by atoms with E-state index in [1.807, 2.05) is 32.9 Å². The summed E-state index contributed by atoms with van der Waals surface area (Å²) in [6.45, 7) is 9.05. The molecule has 0 unspecified atom stereocenters. The summed E-state index contributed by atoms with van der Waals surface area (Å²) in [5.41, 5.74) is 3.16. The largest absolute Gasteiger partial charge is 0.444 e. The van der Waals surface area contributed by atoms with E-state index in [1.54, 1.807) is 23.8 Å². The van der Waals surface area contributed by atoms with Crippen molar-refractivity contribution < 1.29 is 13.7 Å². The Hall–Kier alpha value is -1.34. The summed E-state index contributed by atoms with van der Waals surface area (Å²) in [4.78, 5) is 15.3. The number of thioether (sulfide) groups is 1. The molecule has 0 spiro atoms. The van der Waals surface area contributed by atoms with E-state index in [2.05, 4.69) is 37.3 Å². The molecule has 0 aromatic heterocycles. The third-order valence-electron chi connectivity index (χ3n) is 4.57. The number of amides is 1. The van der Waals surface area contributed by atoms with E-state index in [1.165, 1.54) is 23.2 Å². The lowest BCUT2D eigenvalue weighted by molar-refractivity contribution is 0.0252. The minimum atomic E-state index is -0.492. The maximum Gasteiger partial charge on any atom is 0.410 e. The molecule has 0 saturated heterocycles. The Morgan fingerprint density at radius 3 is 2.22 bits per heavy atom. The number of halogens is 1. The van der Waals surface area contributed by atoms with Gasteiger partial charge in [-0.25, -0.2) is 4.79 Å². The van der Waals surface area contributed by atoms with Crippen molar-refractivity contribution in [2.24, 2.45) is 0 Å². The van der Waals surface area contributed by atoms with Gasteiger partial charge in [-0.3, -0.25) is 0 Å². The predicted molar refractivity (Wildman–Crippen MR) is 138 cm³/mol. The number of carbonyl (C=O) groups is 1. The van der Waals surface area contributed by atoms with Crippen molar-refractivity contribution in [3.05, 3.63) is 64.2 Å². The van der Waals surface area contributed by atoms with Gasteiger partial charge in [-0.2, -0.15) is 0 Å². The topological polar surface area (TPSA) is 38.8 Å². The number of ether oxygens (including phenoxy) is 1. The molecule has 0 saturated carbocycles. The molecule has 32 heavy (non-hydrogen) atoms. The standard InChI is InChI=1S/C25H34ClNO3S2/c1-6-14-27(24(28)30-25(2,3)4)15-13-19-11-12-22(26)23(16-19)31-17-20-7-9-21(10-8-20)18-32-29-5/h7-12,16H,6,13-15,17-18H2,1-5H3. The molecule has 176 valence electrons. The Balaban J connectivity index is 1.96. The van der Waals surface area contributed by atoms with E-state index in [9.17, 15) is 4.79 Å². The van der Waals surface area contributed by atoms with Crippen LogP contribution < -0.4 is 0 Å². The Bertz CT molecular complexity index is 853. The zero-order valence-electron chi connectivity index (χ0n) is 19.7. The number of benzene rings is 2. The Kier molecular flexibility index (Phi) is 11.3. The highest BCUT2D eigenvalue weighted by Gasteiger charge is 2.21. The average molecular weight is 496 g/mol. The van der Waals surface area contributed by atoms with Gasteiger partial charge in [-0.05, 0) is 74.5 Å². The van der Waals surface area contributed by atoms with Crippen LogP contribution in [0.3, 0.4) is 0 Å². The molecule has 0 aliphatic rings. The smallest absolute Gasteiger partial charge is 0.410 e. The van der Waals surface area contributed by atoms with Crippen LogP contribution in [0.15, 0.2) is 47.4 Å². The van der Waals surface area contributed by atoms with Gasteiger partial charge in [0.15, 0.2) is 0 Å². The third-order valence-corrected chi connectivity index (χ3v) is 6.83. The summed E-state index contributed by atoms with van der Waals surface area (Å²) in [6.07, 6.45) is 1.40. The molecular formula is C25H34ClNO3S2. The monoisotopic (exact) mass is 495 g/mol. The third kappa shape index (κ3) is 9.65. The average Bonchev–Trinajstić information content (AvgIpc) is 2.74. The molecule has 2 aromatic carbocycles. The predicted octanol–water partition coefficient (Wildman–Crippen LogP) is 7.62. The van der Waals surface area contributed by atoms with Gasteiger partial charge in [0.25, 0.3) is 0 Å². The van der Waals surface area contributed by atoms with E-state index < -0.39 is 5.60 Å². The fraction of sp³-hybridized carbons (Fsp3) is 0.480. The first-order valence-electron chi connectivity index (χ1n) is 10.8. The molecule has 0 atom stereocenters. The molecule has 7 heteroatoms. The fourth-order valence-electron chi connectivity index (χ4n) is 2.99. The van der Waals surface area contributed by atoms with E-state index in [0.29, 0.717) is 13.1 Å². The van der Waals surface area contributed by atoms with Crippen LogP contribution in [0.2, 0.25) is 5.02 Å². The van der Waals surface area contributed by atoms with Crippen molar-refractivity contribution in [3.8, 4) is 0 Å². The molecule has 0 aliphatic carbocycles. The minimum Gasteiger partial charge on any atom is -0.444 e. The SMILES string of the molecule is CCCN(CCc1ccc(Cl)c(SCc2ccc(CSOC)cc2)c1)C(=O)OC(C)(C)C. The molecule has 0 N–H and O–H groups in total. The van der Waals surface area contributed by atoms with Gasteiger partial charge >= 0.3 is 6.09 Å². The molecule has 0 aliphatic heterocycles. The summed E-state index contributed by atoms with van der Waals surface area (Å²) < 4.78 is 10.6. The maximum absolute atomic E-state index is 12.5. The van der Waals surface area contributed by atoms with E-state index in [0.717, 1.165) is 39.8 Å². The second-order valence-electron chi connectivity index (χ2n) is 8.52. The highest BCUT2D eigenvalue weighted by atomic mass is 35.5. The van der Waals surface area contributed by atoms with E-state index in [-0.39, 0.29) is 6.09 Å². The van der Waals surface area contributed by atoms with Crippen LogP contribution in [-0.2, 0) is 26.8 Å². The summed E-state index contributed by atoms with van der Waals surface area (Å²) in [7, 11) is 1.69. The lowest BCUT2D eigenvalue weighted by Crippen LogP contribution is -2.38. The molecule has 0 radical (unpaired) electrons. The van der Waals surface area contributed by atoms with Gasteiger partial charge in [0.1, 0.15) is 5.60 Å². The normalized spacial score (nSPS) is 11.4. The van der Waals surface area contributed by atoms with Crippen molar-refractivity contribution in [3.63, 3.8) is 0 Å². The Labute approximate surface area is 206 Å². The first-order chi connectivity index (χ1) is 15.2. The number of hydrogen-bond acceptors (Lipinski definition) is 5. The quantitative estimate of drug-likeness (QED) is 0.237. The van der Waals surface area contributed by atoms with Crippen LogP contribution in [0.25, 0.3) is 0 Å². The maximum atomic E-state index is 12.5. The molecule has 4 nitrogen and oxygen atoms in total. The van der Waals surface area contributed by atoms with Crippen molar-refractivity contribution >= 4 is 41.5 Å². The van der Waals surface area contributed by atoms with Gasteiger partial charge < -0.3 is 13.8 Å². The number of hydrogen-bond donors (Lipinski definition) is 0. The molecule has 0 heterocycles. The molecule has 1 amide bonds. The first kappa shape index (κ1) is 26.9. The van der Waals surface area contributed by atoms with Crippen molar-refractivity contribution in [2.75, 3.05) is 20.2 Å². The lowest BCUT2D eigenvalue weighted by Gasteiger charge is -2.27. The molecule has 2 aromatic rings. The minimum absolute atomic E-state index is 0.254. The fourth-order valence-corrected chi connectivity index (χ4v) is 4.67. The summed E-state index contributed by atoms with van der Waals surface area (Å²) in [5, 5.41) is 0.754. The molecular weight excluding hydrogens is 462 g/mol. The molecule has 2 rings (SSSR count). The van der Waals surface area contributed by atoms with E-state index >= 15 is 0 Å². The van der Waals surface area contributed by atoms with Gasteiger partial charge in [0, 0.05) is 29.5 Å². The van der Waals surface area contributed by atoms with Crippen molar-refractivity contribution in [1.29, 1.82) is 0 Å². The van der Waals surface area contributed by atoms with Crippen molar-refractivity contribution in [2.45, 2.75) is 62.5 Å². The van der Waals surface area contributed by atoms with Crippen LogP contribution in [0.1, 0.15) is 50.8 Å². The highest BCUT2D eigenvalue weighted by Crippen LogP contribution is 2.31. The number of carbonyl (C=O) groups excluding carboxylic acids is 1. The van der Waals surface area contributed by atoms with Crippen LogP contribution >= 0.6 is 35.4 Å². The van der Waals surface area contributed by atoms with Crippen LogP contribution in [0, 0.1) is 0 Å². The van der Waals surface area contributed by atoms with Gasteiger partial charge in [-0.1, -0.05) is 48.9 Å². The zero-order chi connectivity index (χ0) is 23.6. The van der Waals surface area contributed by atoms with Gasteiger partial charge in [0.05, 0.1) is 12.1 Å². The first-order valence-corrected chi connectivity index (χ1v) is 13.1. The molecule has 0 bridgehead atoms. The summed E-state index contributed by atoms with van der Waals surface area (Å²) in [6, 6.07) is 14.7. The Morgan fingerprint density at radius 1 is 1.00 bits per heavy atom. The Morgan fingerprint density at radius 2 is 1.62 bits per heavy atom. The second-order valence-corrected chi connectivity index (χ2v) is 10.8. The second kappa shape index (κ2) is 13.4. The lowest BCUT2D eigenvalue weighted by atomic mass is 10.1. The summed E-state index contributed by atoms with van der Waals surface area (Å²) in [5.74, 6) is 1.69. The number of nitrogens with zero attached hydrogens (tertiary/aromatic N) is 1. The van der Waals surface area contributed by atoms with Crippen LogP contribution in [0.4, 0.5) is 4.79 Å².